The Hall–Kier alpha value is -2.31. The first-order chi connectivity index (χ1) is 9.69. The lowest BCUT2D eigenvalue weighted by Gasteiger charge is -2.06. The molecule has 0 heterocycles. The summed E-state index contributed by atoms with van der Waals surface area (Å²) in [5.41, 5.74) is 2.05. The van der Waals surface area contributed by atoms with Crippen LogP contribution in [0.2, 0.25) is 5.02 Å². The molecule has 0 aliphatic heterocycles. The molecule has 0 spiro atoms. The first-order valence-corrected chi connectivity index (χ1v) is 6.59. The Bertz CT molecular complexity index is 662. The molecule has 0 aromatic heterocycles. The van der Waals surface area contributed by atoms with Crippen molar-refractivity contribution in [1.82, 2.24) is 5.32 Å². The van der Waals surface area contributed by atoms with Gasteiger partial charge in [-0.3, -0.25) is 4.79 Å². The van der Waals surface area contributed by atoms with Gasteiger partial charge in [0.25, 0.3) is 5.91 Å². The second-order valence-corrected chi connectivity index (χ2v) is 4.76. The summed E-state index contributed by atoms with van der Waals surface area (Å²) in [6, 6.07) is 16.2. The fraction of sp³-hybridized carbons (Fsp3) is 0.125. The van der Waals surface area contributed by atoms with Gasteiger partial charge in [0.05, 0.1) is 11.6 Å². The van der Waals surface area contributed by atoms with Gasteiger partial charge < -0.3 is 5.32 Å². The highest BCUT2D eigenvalue weighted by Gasteiger charge is 2.05. The lowest BCUT2D eigenvalue weighted by molar-refractivity contribution is 0.0954. The molecule has 0 unspecified atom stereocenters. The van der Waals surface area contributed by atoms with Gasteiger partial charge in [0, 0.05) is 17.1 Å². The molecular formula is C16H13ClN2O. The second-order valence-electron chi connectivity index (χ2n) is 4.33. The fourth-order valence-corrected chi connectivity index (χ4v) is 2.06. The molecule has 3 nitrogen and oxygen atoms in total. The van der Waals surface area contributed by atoms with Gasteiger partial charge in [0.2, 0.25) is 0 Å². The molecule has 2 aromatic rings. The van der Waals surface area contributed by atoms with Crippen LogP contribution in [0.15, 0.2) is 48.5 Å². The van der Waals surface area contributed by atoms with E-state index < -0.39 is 0 Å². The van der Waals surface area contributed by atoms with Crippen LogP contribution < -0.4 is 5.32 Å². The van der Waals surface area contributed by atoms with Crippen molar-refractivity contribution < 1.29 is 4.79 Å². The average molecular weight is 285 g/mol. The summed E-state index contributed by atoms with van der Waals surface area (Å²) in [4.78, 5) is 11.9. The number of nitrogens with one attached hydrogen (secondary N) is 1. The number of hydrogen-bond acceptors (Lipinski definition) is 2. The molecular weight excluding hydrogens is 272 g/mol. The minimum Gasteiger partial charge on any atom is -0.352 e. The quantitative estimate of drug-likeness (QED) is 0.937. The van der Waals surface area contributed by atoms with Crippen molar-refractivity contribution in [2.75, 3.05) is 6.54 Å². The predicted octanol–water partition coefficient (Wildman–Crippen LogP) is 3.18. The topological polar surface area (TPSA) is 52.9 Å². The average Bonchev–Trinajstić information content (AvgIpc) is 2.47. The van der Waals surface area contributed by atoms with Crippen molar-refractivity contribution >= 4 is 17.5 Å². The van der Waals surface area contributed by atoms with E-state index in [1.54, 1.807) is 24.3 Å². The third kappa shape index (κ3) is 3.84. The fourth-order valence-electron chi connectivity index (χ4n) is 1.84. The van der Waals surface area contributed by atoms with Gasteiger partial charge in [-0.15, -0.1) is 0 Å². The van der Waals surface area contributed by atoms with E-state index in [-0.39, 0.29) is 5.91 Å². The number of amides is 1. The van der Waals surface area contributed by atoms with E-state index in [9.17, 15) is 4.79 Å². The van der Waals surface area contributed by atoms with Crippen molar-refractivity contribution in [3.8, 4) is 6.07 Å². The van der Waals surface area contributed by atoms with E-state index in [1.807, 2.05) is 30.3 Å². The Kier molecular flexibility index (Phi) is 4.75. The number of benzene rings is 2. The maximum absolute atomic E-state index is 11.9. The number of hydrogen-bond donors (Lipinski definition) is 1. The van der Waals surface area contributed by atoms with Crippen LogP contribution in [0.1, 0.15) is 21.5 Å². The summed E-state index contributed by atoms with van der Waals surface area (Å²) in [7, 11) is 0. The van der Waals surface area contributed by atoms with E-state index in [4.69, 9.17) is 16.9 Å². The molecule has 0 aliphatic rings. The van der Waals surface area contributed by atoms with Crippen LogP contribution in [0.3, 0.4) is 0 Å². The molecule has 1 N–H and O–H groups in total. The van der Waals surface area contributed by atoms with Crippen molar-refractivity contribution in [2.45, 2.75) is 6.42 Å². The molecule has 0 bridgehead atoms. The zero-order valence-electron chi connectivity index (χ0n) is 10.8. The third-order valence-corrected chi connectivity index (χ3v) is 3.08. The summed E-state index contributed by atoms with van der Waals surface area (Å²) < 4.78 is 0. The van der Waals surface area contributed by atoms with E-state index in [0.29, 0.717) is 29.1 Å². The molecule has 0 radical (unpaired) electrons. The van der Waals surface area contributed by atoms with E-state index >= 15 is 0 Å². The molecule has 100 valence electrons. The number of nitrogens with zero attached hydrogens (tertiary/aromatic N) is 1. The van der Waals surface area contributed by atoms with Crippen LogP contribution in [0, 0.1) is 11.3 Å². The number of carbonyl (C=O) groups excluding carboxylic acids is 1. The zero-order chi connectivity index (χ0) is 14.4. The largest absolute Gasteiger partial charge is 0.352 e. The Morgan fingerprint density at radius 3 is 2.75 bits per heavy atom. The van der Waals surface area contributed by atoms with Gasteiger partial charge in [-0.2, -0.15) is 5.26 Å². The molecule has 20 heavy (non-hydrogen) atoms. The number of nitriles is 1. The lowest BCUT2D eigenvalue weighted by Crippen LogP contribution is -2.25. The molecule has 2 aromatic carbocycles. The van der Waals surface area contributed by atoms with Crippen molar-refractivity contribution in [2.24, 2.45) is 0 Å². The Labute approximate surface area is 122 Å². The van der Waals surface area contributed by atoms with Crippen LogP contribution in [0.4, 0.5) is 0 Å². The molecule has 0 atom stereocenters. The normalized spacial score (nSPS) is 9.80. The first-order valence-electron chi connectivity index (χ1n) is 6.22. The summed E-state index contributed by atoms with van der Waals surface area (Å²) in [6.07, 6.45) is 0.713. The van der Waals surface area contributed by atoms with Crippen molar-refractivity contribution in [3.05, 3.63) is 70.2 Å². The standard InChI is InChI=1S/C16H13ClN2O/c17-15-6-2-3-12(10-15)7-8-19-16(20)14-5-1-4-13(9-14)11-18/h1-6,9-10H,7-8H2,(H,19,20). The lowest BCUT2D eigenvalue weighted by atomic mass is 10.1. The molecule has 2 rings (SSSR count). The van der Waals surface area contributed by atoms with Gasteiger partial charge in [-0.1, -0.05) is 29.8 Å². The maximum Gasteiger partial charge on any atom is 0.251 e. The monoisotopic (exact) mass is 284 g/mol. The highest BCUT2D eigenvalue weighted by Crippen LogP contribution is 2.10. The summed E-state index contributed by atoms with van der Waals surface area (Å²) in [6.45, 7) is 0.524. The van der Waals surface area contributed by atoms with Gasteiger partial charge in [0.1, 0.15) is 0 Å². The Morgan fingerprint density at radius 2 is 2.00 bits per heavy atom. The molecule has 0 aliphatic carbocycles. The molecule has 0 saturated heterocycles. The number of carbonyl (C=O) groups is 1. The summed E-state index contributed by atoms with van der Waals surface area (Å²) in [5.74, 6) is -0.177. The van der Waals surface area contributed by atoms with E-state index in [1.165, 1.54) is 0 Å². The summed E-state index contributed by atoms with van der Waals surface area (Å²) in [5, 5.41) is 12.3. The molecule has 0 fully saturated rings. The SMILES string of the molecule is N#Cc1cccc(C(=O)NCCc2cccc(Cl)c2)c1. The van der Waals surface area contributed by atoms with Gasteiger partial charge >= 0.3 is 0 Å². The molecule has 1 amide bonds. The van der Waals surface area contributed by atoms with Gasteiger partial charge in [0.15, 0.2) is 0 Å². The minimum absolute atomic E-state index is 0.177. The molecule has 0 saturated carbocycles. The van der Waals surface area contributed by atoms with E-state index in [0.717, 1.165) is 5.56 Å². The van der Waals surface area contributed by atoms with Gasteiger partial charge in [-0.25, -0.2) is 0 Å². The summed E-state index contributed by atoms with van der Waals surface area (Å²) >= 11 is 5.90. The van der Waals surface area contributed by atoms with Crippen LogP contribution in [-0.2, 0) is 6.42 Å². The zero-order valence-corrected chi connectivity index (χ0v) is 11.5. The number of halogens is 1. The highest BCUT2D eigenvalue weighted by molar-refractivity contribution is 6.30. The van der Waals surface area contributed by atoms with Crippen LogP contribution >= 0.6 is 11.6 Å². The van der Waals surface area contributed by atoms with E-state index in [2.05, 4.69) is 5.32 Å². The third-order valence-electron chi connectivity index (χ3n) is 2.84. The van der Waals surface area contributed by atoms with Crippen LogP contribution in [0.5, 0.6) is 0 Å². The van der Waals surface area contributed by atoms with Crippen LogP contribution in [0.25, 0.3) is 0 Å². The van der Waals surface area contributed by atoms with Crippen molar-refractivity contribution in [1.29, 1.82) is 5.26 Å². The Morgan fingerprint density at radius 1 is 1.20 bits per heavy atom. The second kappa shape index (κ2) is 6.74. The van der Waals surface area contributed by atoms with Gasteiger partial charge in [-0.05, 0) is 42.3 Å². The smallest absolute Gasteiger partial charge is 0.251 e. The molecule has 4 heteroatoms. The first kappa shape index (κ1) is 14.1. The van der Waals surface area contributed by atoms with Crippen LogP contribution in [-0.4, -0.2) is 12.5 Å². The Balaban J connectivity index is 1.91. The maximum atomic E-state index is 11.9. The minimum atomic E-state index is -0.177. The van der Waals surface area contributed by atoms with Crippen molar-refractivity contribution in [3.63, 3.8) is 0 Å². The predicted molar refractivity (Wildman–Crippen MR) is 78.6 cm³/mol. The highest BCUT2D eigenvalue weighted by atomic mass is 35.5. The number of rotatable bonds is 4.